The smallest absolute Gasteiger partial charge is 0.177 e. The predicted molar refractivity (Wildman–Crippen MR) is 106 cm³/mol. The highest BCUT2D eigenvalue weighted by molar-refractivity contribution is 6.36. The molecule has 1 fully saturated rings. The van der Waals surface area contributed by atoms with Crippen LogP contribution in [-0.2, 0) is 28.7 Å². The van der Waals surface area contributed by atoms with Gasteiger partial charge < -0.3 is 9.47 Å². The third-order valence-corrected chi connectivity index (χ3v) is 8.58. The maximum atomic E-state index is 14.2. The topological polar surface area (TPSA) is 86.7 Å². The zero-order chi connectivity index (χ0) is 22.0. The van der Waals surface area contributed by atoms with Crippen molar-refractivity contribution in [2.75, 3.05) is 13.2 Å². The molecule has 6 nitrogen and oxygen atoms in total. The van der Waals surface area contributed by atoms with E-state index in [1.807, 2.05) is 0 Å². The van der Waals surface area contributed by atoms with E-state index in [4.69, 9.17) is 9.47 Å². The monoisotopic (exact) mass is 408 g/mol. The predicted octanol–water partition coefficient (Wildman–Crippen LogP) is 2.79. The van der Waals surface area contributed by atoms with Crippen molar-refractivity contribution in [3.05, 3.63) is 46.0 Å². The Labute approximate surface area is 174 Å². The van der Waals surface area contributed by atoms with Crippen LogP contribution in [0.1, 0.15) is 41.5 Å². The van der Waals surface area contributed by atoms with Crippen LogP contribution in [0.5, 0.6) is 0 Å². The Morgan fingerprint density at radius 3 is 1.30 bits per heavy atom. The van der Waals surface area contributed by atoms with Gasteiger partial charge >= 0.3 is 0 Å². The lowest BCUT2D eigenvalue weighted by Crippen LogP contribution is -2.77. The minimum atomic E-state index is -1.79. The van der Waals surface area contributed by atoms with Crippen LogP contribution in [-0.4, -0.2) is 36.3 Å². The molecule has 5 rings (SSSR count). The lowest BCUT2D eigenvalue weighted by atomic mass is 9.32. The molecule has 156 valence electrons. The number of ether oxygens (including phenoxy) is 2. The highest BCUT2D eigenvalue weighted by Gasteiger charge is 2.82. The summed E-state index contributed by atoms with van der Waals surface area (Å²) in [6.07, 6.45) is 3.42. The van der Waals surface area contributed by atoms with E-state index in [0.717, 1.165) is 0 Å². The van der Waals surface area contributed by atoms with Gasteiger partial charge in [-0.3, -0.25) is 19.2 Å². The van der Waals surface area contributed by atoms with Gasteiger partial charge in [-0.15, -0.1) is 0 Å². The molecule has 0 aromatic carbocycles. The number of carbonyl (C=O) groups is 4. The maximum Gasteiger partial charge on any atom is 0.177 e. The first kappa shape index (κ1) is 19.2. The minimum Gasteiger partial charge on any atom is -0.493 e. The van der Waals surface area contributed by atoms with E-state index in [0.29, 0.717) is 33.8 Å². The van der Waals surface area contributed by atoms with Crippen LogP contribution in [0.15, 0.2) is 46.0 Å². The molecular formula is C24H24O6. The molecule has 0 N–H and O–H groups in total. The molecular weight excluding hydrogens is 384 g/mol. The van der Waals surface area contributed by atoms with E-state index in [2.05, 4.69) is 0 Å². The van der Waals surface area contributed by atoms with Gasteiger partial charge in [-0.25, -0.2) is 0 Å². The first-order valence-corrected chi connectivity index (χ1v) is 10.2. The van der Waals surface area contributed by atoms with E-state index in [-0.39, 0.29) is 24.8 Å². The Bertz CT molecular complexity index is 1060. The molecule has 0 aromatic rings. The zero-order valence-corrected chi connectivity index (χ0v) is 18.0. The molecule has 3 aliphatic carbocycles. The number of Topliss-reactive ketones (excluding diaryl/α,β-unsaturated/α-hetero) is 4. The van der Waals surface area contributed by atoms with E-state index in [1.165, 1.54) is 13.8 Å². The average molecular weight is 408 g/mol. The van der Waals surface area contributed by atoms with E-state index >= 15 is 0 Å². The molecule has 2 heterocycles. The molecule has 5 aliphatic rings. The molecule has 0 radical (unpaired) electrons. The fourth-order valence-corrected chi connectivity index (χ4v) is 6.42. The van der Waals surface area contributed by atoms with Crippen LogP contribution in [0.4, 0.5) is 0 Å². The molecule has 0 spiro atoms. The van der Waals surface area contributed by atoms with Gasteiger partial charge in [-0.2, -0.15) is 0 Å². The van der Waals surface area contributed by atoms with E-state index in [9.17, 15) is 19.2 Å². The van der Waals surface area contributed by atoms with Gasteiger partial charge in [-0.1, -0.05) is 0 Å². The van der Waals surface area contributed by atoms with Crippen LogP contribution >= 0.6 is 0 Å². The largest absolute Gasteiger partial charge is 0.493 e. The summed E-state index contributed by atoms with van der Waals surface area (Å²) in [5.41, 5.74) is -4.33. The van der Waals surface area contributed by atoms with Crippen molar-refractivity contribution in [2.24, 2.45) is 21.7 Å². The highest BCUT2D eigenvalue weighted by atomic mass is 16.5. The SMILES string of the molecule is CC1=CC2=C(CO1)C(=O)[C@]1(C)C(=O)[C@@]2(C)[C@]2(C)C(=O)[C@@]1(C)C(=O)C1=C2C=C(C)OC1. The summed E-state index contributed by atoms with van der Waals surface area (Å²) < 4.78 is 11.3. The van der Waals surface area contributed by atoms with Crippen molar-refractivity contribution in [3.63, 3.8) is 0 Å². The summed E-state index contributed by atoms with van der Waals surface area (Å²) in [6.45, 7) is 10.0. The summed E-state index contributed by atoms with van der Waals surface area (Å²) in [6, 6.07) is 0. The van der Waals surface area contributed by atoms with Crippen LogP contribution in [0, 0.1) is 21.7 Å². The maximum absolute atomic E-state index is 14.2. The fraction of sp³-hybridized carbons (Fsp3) is 0.500. The van der Waals surface area contributed by atoms with Crippen LogP contribution in [0.2, 0.25) is 0 Å². The molecule has 30 heavy (non-hydrogen) atoms. The minimum absolute atomic E-state index is 0.0351. The number of fused-ring (bicyclic) bond motifs is 8. The molecule has 4 atom stereocenters. The molecule has 0 unspecified atom stereocenters. The Kier molecular flexibility index (Phi) is 3.27. The number of hydrogen-bond acceptors (Lipinski definition) is 6. The van der Waals surface area contributed by atoms with Crippen LogP contribution in [0.25, 0.3) is 0 Å². The van der Waals surface area contributed by atoms with Crippen molar-refractivity contribution in [1.82, 2.24) is 0 Å². The highest BCUT2D eigenvalue weighted by Crippen LogP contribution is 2.71. The van der Waals surface area contributed by atoms with Crippen molar-refractivity contribution >= 4 is 23.1 Å². The van der Waals surface area contributed by atoms with Crippen molar-refractivity contribution < 1.29 is 28.7 Å². The summed E-state index contributed by atoms with van der Waals surface area (Å²) in [4.78, 5) is 55.8. The van der Waals surface area contributed by atoms with E-state index in [1.54, 1.807) is 39.8 Å². The Balaban J connectivity index is 2.00. The first-order chi connectivity index (χ1) is 13.9. The van der Waals surface area contributed by atoms with Gasteiger partial charge in [-0.05, 0) is 64.8 Å². The van der Waals surface area contributed by atoms with E-state index < -0.39 is 33.2 Å². The number of rotatable bonds is 0. The molecule has 4 bridgehead atoms. The van der Waals surface area contributed by atoms with Crippen molar-refractivity contribution in [3.8, 4) is 0 Å². The summed E-state index contributed by atoms with van der Waals surface area (Å²) in [5.74, 6) is -0.532. The lowest BCUT2D eigenvalue weighted by molar-refractivity contribution is -0.183. The Morgan fingerprint density at radius 1 is 0.633 bits per heavy atom. The first-order valence-electron chi connectivity index (χ1n) is 10.2. The molecule has 0 saturated heterocycles. The molecule has 2 aliphatic heterocycles. The second-order valence-corrected chi connectivity index (χ2v) is 9.69. The second kappa shape index (κ2) is 5.10. The molecule has 6 heteroatoms. The third-order valence-electron chi connectivity index (χ3n) is 8.58. The fourth-order valence-electron chi connectivity index (χ4n) is 6.42. The second-order valence-electron chi connectivity index (χ2n) is 9.69. The van der Waals surface area contributed by atoms with Gasteiger partial charge in [0, 0.05) is 11.1 Å². The third kappa shape index (κ3) is 1.57. The summed E-state index contributed by atoms with van der Waals surface area (Å²) in [7, 11) is 0. The average Bonchev–Trinajstić information content (AvgIpc) is 2.72. The van der Waals surface area contributed by atoms with Gasteiger partial charge in [0.1, 0.15) is 24.0 Å². The Hall–Kier alpha value is -2.76. The normalized spacial score (nSPS) is 42.2. The van der Waals surface area contributed by atoms with Crippen LogP contribution < -0.4 is 0 Å². The quantitative estimate of drug-likeness (QED) is 0.573. The van der Waals surface area contributed by atoms with Crippen molar-refractivity contribution in [2.45, 2.75) is 41.5 Å². The molecule has 0 amide bonds. The lowest BCUT2D eigenvalue weighted by Gasteiger charge is -2.65. The van der Waals surface area contributed by atoms with Gasteiger partial charge in [0.05, 0.1) is 22.3 Å². The standard InChI is InChI=1S/C24H24O6/c1-11-7-15-13(9-29-11)17(25)23(5)19(27)21(15,3)22(4)16-8-12(2)30-10-14(16)18(26)24(23,6)20(22)28/h7-8H,9-10H2,1-6H3/t21-,22-,23+,24+/m0/s1. The number of ketones is 4. The van der Waals surface area contributed by atoms with Crippen LogP contribution in [0.3, 0.4) is 0 Å². The van der Waals surface area contributed by atoms with Gasteiger partial charge in [0.15, 0.2) is 23.1 Å². The zero-order valence-electron chi connectivity index (χ0n) is 18.0. The van der Waals surface area contributed by atoms with Gasteiger partial charge in [0.25, 0.3) is 0 Å². The molecule has 0 aromatic heterocycles. The summed E-state index contributed by atoms with van der Waals surface area (Å²) >= 11 is 0. The number of carbonyl (C=O) groups excluding carboxylic acids is 4. The number of allylic oxidation sites excluding steroid dienone is 6. The molecule has 1 saturated carbocycles. The number of hydrogen-bond donors (Lipinski definition) is 0. The van der Waals surface area contributed by atoms with Crippen molar-refractivity contribution in [1.29, 1.82) is 0 Å². The summed E-state index contributed by atoms with van der Waals surface area (Å²) in [5, 5.41) is 0. The Morgan fingerprint density at radius 2 is 0.967 bits per heavy atom. The van der Waals surface area contributed by atoms with Gasteiger partial charge in [0.2, 0.25) is 0 Å².